The molecule has 4 aromatic rings. The Labute approximate surface area is 179 Å². The molecule has 0 aliphatic heterocycles. The Morgan fingerprint density at radius 2 is 1.65 bits per heavy atom. The van der Waals surface area contributed by atoms with Crippen molar-refractivity contribution >= 4 is 28.4 Å². The zero-order chi connectivity index (χ0) is 21.8. The van der Waals surface area contributed by atoms with E-state index in [1.807, 2.05) is 47.9 Å². The van der Waals surface area contributed by atoms with Gasteiger partial charge in [-0.1, -0.05) is 42.5 Å². The second kappa shape index (κ2) is 8.83. The van der Waals surface area contributed by atoms with Crippen molar-refractivity contribution in [1.82, 2.24) is 9.88 Å². The van der Waals surface area contributed by atoms with Gasteiger partial charge in [-0.3, -0.25) is 9.59 Å². The molecular formula is C25H22FN3O2. The zero-order valence-corrected chi connectivity index (χ0v) is 17.1. The number of aryl methyl sites for hydroxylation is 1. The Hall–Kier alpha value is -3.93. The van der Waals surface area contributed by atoms with E-state index in [1.54, 1.807) is 24.3 Å². The highest BCUT2D eigenvalue weighted by Crippen LogP contribution is 2.24. The summed E-state index contributed by atoms with van der Waals surface area (Å²) in [5.74, 6) is -1.26. The topological polar surface area (TPSA) is 63.1 Å². The normalized spacial score (nSPS) is 10.8. The van der Waals surface area contributed by atoms with Gasteiger partial charge >= 0.3 is 0 Å². The molecule has 6 heteroatoms. The highest BCUT2D eigenvalue weighted by atomic mass is 19.1. The number of carbonyl (C=O) groups is 2. The molecule has 0 spiro atoms. The summed E-state index contributed by atoms with van der Waals surface area (Å²) in [7, 11) is 0. The molecule has 156 valence electrons. The Morgan fingerprint density at radius 3 is 2.39 bits per heavy atom. The molecule has 0 fully saturated rings. The molecule has 2 N–H and O–H groups in total. The lowest BCUT2D eigenvalue weighted by Crippen LogP contribution is -2.25. The number of carbonyl (C=O) groups excluding carboxylic acids is 2. The van der Waals surface area contributed by atoms with Crippen LogP contribution in [0.1, 0.15) is 33.3 Å². The van der Waals surface area contributed by atoms with E-state index < -0.39 is 11.7 Å². The van der Waals surface area contributed by atoms with Gasteiger partial charge in [0.2, 0.25) is 0 Å². The second-order valence-corrected chi connectivity index (χ2v) is 7.15. The van der Waals surface area contributed by atoms with E-state index >= 15 is 0 Å². The smallest absolute Gasteiger partial charge is 0.268 e. The predicted molar refractivity (Wildman–Crippen MR) is 120 cm³/mol. The molecule has 2 amide bonds. The summed E-state index contributed by atoms with van der Waals surface area (Å²) in [6, 6.07) is 22.7. The molecule has 31 heavy (non-hydrogen) atoms. The van der Waals surface area contributed by atoms with Crippen molar-refractivity contribution in [2.75, 3.05) is 5.32 Å². The highest BCUT2D eigenvalue weighted by molar-refractivity contribution is 6.06. The van der Waals surface area contributed by atoms with Gasteiger partial charge in [0.15, 0.2) is 0 Å². The van der Waals surface area contributed by atoms with Gasteiger partial charge in [-0.2, -0.15) is 0 Å². The predicted octanol–water partition coefficient (Wildman–Crippen LogP) is 4.98. The number of hydrogen-bond acceptors (Lipinski definition) is 2. The third kappa shape index (κ3) is 4.33. The first-order valence-corrected chi connectivity index (χ1v) is 10.1. The first-order chi connectivity index (χ1) is 15.1. The van der Waals surface area contributed by atoms with E-state index in [0.717, 1.165) is 16.5 Å². The van der Waals surface area contributed by atoms with E-state index in [-0.39, 0.29) is 11.5 Å². The summed E-state index contributed by atoms with van der Waals surface area (Å²) < 4.78 is 15.8. The van der Waals surface area contributed by atoms with Crippen LogP contribution in [0.5, 0.6) is 0 Å². The van der Waals surface area contributed by atoms with Crippen molar-refractivity contribution < 1.29 is 14.0 Å². The van der Waals surface area contributed by atoms with E-state index in [1.165, 1.54) is 18.2 Å². The minimum atomic E-state index is -0.574. The highest BCUT2D eigenvalue weighted by Gasteiger charge is 2.16. The maximum absolute atomic E-state index is 13.9. The third-order valence-electron chi connectivity index (χ3n) is 5.12. The van der Waals surface area contributed by atoms with Gasteiger partial charge in [-0.15, -0.1) is 0 Å². The van der Waals surface area contributed by atoms with Crippen molar-refractivity contribution in [3.8, 4) is 0 Å². The van der Waals surface area contributed by atoms with Gasteiger partial charge in [0.05, 0.1) is 5.56 Å². The number of rotatable bonds is 6. The van der Waals surface area contributed by atoms with E-state index in [2.05, 4.69) is 10.6 Å². The van der Waals surface area contributed by atoms with E-state index in [4.69, 9.17) is 0 Å². The molecular weight excluding hydrogens is 393 g/mol. The number of hydrogen-bond donors (Lipinski definition) is 2. The minimum Gasteiger partial charge on any atom is -0.347 e. The summed E-state index contributed by atoms with van der Waals surface area (Å²) in [5, 5.41) is 6.50. The van der Waals surface area contributed by atoms with Crippen LogP contribution in [0.15, 0.2) is 78.9 Å². The standard InChI is InChI=1S/C25H22FN3O2/c1-2-29-22-13-12-19(28-24(30)20-10-6-7-11-21(20)26)14-18(22)15-23(29)25(31)27-16-17-8-4-3-5-9-17/h3-15H,2,16H2,1H3,(H,27,31)(H,28,30). The average Bonchev–Trinajstić information content (AvgIpc) is 3.16. The largest absolute Gasteiger partial charge is 0.347 e. The number of anilines is 1. The van der Waals surface area contributed by atoms with Crippen molar-refractivity contribution in [3.05, 3.63) is 102 Å². The minimum absolute atomic E-state index is 0.0188. The van der Waals surface area contributed by atoms with Crippen molar-refractivity contribution in [3.63, 3.8) is 0 Å². The van der Waals surface area contributed by atoms with Crippen LogP contribution in [0.3, 0.4) is 0 Å². The van der Waals surface area contributed by atoms with Gasteiger partial charge < -0.3 is 15.2 Å². The zero-order valence-electron chi connectivity index (χ0n) is 17.1. The summed E-state index contributed by atoms with van der Waals surface area (Å²) >= 11 is 0. The molecule has 0 radical (unpaired) electrons. The Bertz CT molecular complexity index is 1250. The van der Waals surface area contributed by atoms with Crippen molar-refractivity contribution in [2.45, 2.75) is 20.0 Å². The molecule has 5 nitrogen and oxygen atoms in total. The summed E-state index contributed by atoms with van der Waals surface area (Å²) in [5.41, 5.74) is 2.97. The fourth-order valence-corrected chi connectivity index (χ4v) is 3.59. The monoisotopic (exact) mass is 415 g/mol. The van der Waals surface area contributed by atoms with Crippen LogP contribution in [0, 0.1) is 5.82 Å². The first kappa shape index (κ1) is 20.3. The molecule has 1 heterocycles. The molecule has 0 aliphatic rings. The number of fused-ring (bicyclic) bond motifs is 1. The Balaban J connectivity index is 1.56. The fraction of sp³-hybridized carbons (Fsp3) is 0.120. The van der Waals surface area contributed by atoms with Crippen molar-refractivity contribution in [2.24, 2.45) is 0 Å². The molecule has 0 unspecified atom stereocenters. The second-order valence-electron chi connectivity index (χ2n) is 7.15. The Morgan fingerprint density at radius 1 is 0.903 bits per heavy atom. The average molecular weight is 415 g/mol. The van der Waals surface area contributed by atoms with Crippen LogP contribution in [-0.4, -0.2) is 16.4 Å². The summed E-state index contributed by atoms with van der Waals surface area (Å²) in [6.07, 6.45) is 0. The fourth-order valence-electron chi connectivity index (χ4n) is 3.59. The van der Waals surface area contributed by atoms with Gasteiger partial charge in [-0.05, 0) is 48.9 Å². The van der Waals surface area contributed by atoms with E-state index in [0.29, 0.717) is 24.5 Å². The molecule has 4 rings (SSSR count). The lowest BCUT2D eigenvalue weighted by molar-refractivity contribution is 0.0941. The van der Waals surface area contributed by atoms with Crippen LogP contribution in [-0.2, 0) is 13.1 Å². The molecule has 0 saturated heterocycles. The SMILES string of the molecule is CCn1c(C(=O)NCc2ccccc2)cc2cc(NC(=O)c3ccccc3F)ccc21. The number of halogens is 1. The molecule has 3 aromatic carbocycles. The van der Waals surface area contributed by atoms with Crippen LogP contribution < -0.4 is 10.6 Å². The van der Waals surface area contributed by atoms with Crippen LogP contribution in [0.2, 0.25) is 0 Å². The van der Waals surface area contributed by atoms with Crippen LogP contribution in [0.4, 0.5) is 10.1 Å². The van der Waals surface area contributed by atoms with Gasteiger partial charge in [-0.25, -0.2) is 4.39 Å². The quantitative estimate of drug-likeness (QED) is 0.466. The van der Waals surface area contributed by atoms with Gasteiger partial charge in [0, 0.05) is 29.7 Å². The molecule has 1 aromatic heterocycles. The number of aromatic nitrogens is 1. The first-order valence-electron chi connectivity index (χ1n) is 10.1. The maximum Gasteiger partial charge on any atom is 0.268 e. The number of amides is 2. The van der Waals surface area contributed by atoms with Crippen molar-refractivity contribution in [1.29, 1.82) is 0 Å². The summed E-state index contributed by atoms with van der Waals surface area (Å²) in [6.45, 7) is 3.04. The lowest BCUT2D eigenvalue weighted by Gasteiger charge is -2.09. The molecule has 0 aliphatic carbocycles. The number of nitrogens with one attached hydrogen (secondary N) is 2. The van der Waals surface area contributed by atoms with Gasteiger partial charge in [0.1, 0.15) is 11.5 Å². The van der Waals surface area contributed by atoms with Crippen LogP contribution >= 0.6 is 0 Å². The third-order valence-corrected chi connectivity index (χ3v) is 5.12. The van der Waals surface area contributed by atoms with E-state index in [9.17, 15) is 14.0 Å². The Kier molecular flexibility index (Phi) is 5.80. The summed E-state index contributed by atoms with van der Waals surface area (Å²) in [4.78, 5) is 25.2. The maximum atomic E-state index is 13.9. The molecule has 0 bridgehead atoms. The van der Waals surface area contributed by atoms with Crippen LogP contribution in [0.25, 0.3) is 10.9 Å². The molecule has 0 atom stereocenters. The number of nitrogens with zero attached hydrogens (tertiary/aromatic N) is 1. The van der Waals surface area contributed by atoms with Gasteiger partial charge in [0.25, 0.3) is 11.8 Å². The number of benzene rings is 3. The molecule has 0 saturated carbocycles. The lowest BCUT2D eigenvalue weighted by atomic mass is 10.2.